The molecule has 3 aromatic carbocycles. The molecule has 1 N–H and O–H groups in total. The van der Waals surface area contributed by atoms with Crippen LogP contribution in [0.25, 0.3) is 33.4 Å². The predicted molar refractivity (Wildman–Crippen MR) is 130 cm³/mol. The Labute approximate surface area is 189 Å². The van der Waals surface area contributed by atoms with Crippen molar-refractivity contribution in [3.8, 4) is 22.5 Å². The highest BCUT2D eigenvalue weighted by molar-refractivity contribution is 7.16. The Morgan fingerprint density at radius 1 is 0.844 bits per heavy atom. The molecule has 0 atom stereocenters. The number of aromatic nitrogens is 2. The molecule has 0 fully saturated rings. The number of aryl methyl sites for hydroxylation is 2. The van der Waals surface area contributed by atoms with Gasteiger partial charge in [0.25, 0.3) is 5.91 Å². The highest BCUT2D eigenvalue weighted by Crippen LogP contribution is 2.38. The lowest BCUT2D eigenvalue weighted by molar-refractivity contribution is 0.102. The van der Waals surface area contributed by atoms with Gasteiger partial charge in [-0.2, -0.15) is 0 Å². The number of carbonyl (C=O) groups is 1. The zero-order valence-electron chi connectivity index (χ0n) is 17.2. The standard InChI is InChI=1S/C27H19N3OS/c31-26(30-27-29-25-19-11-5-4-8-17(19)14-15-24(25)32-27)21-16-23(18-9-2-1-3-10-18)28-22-13-7-6-12-20(21)22/h1-13,16H,14-15H2,(H,29,30,31). The fraction of sp³-hybridized carbons (Fsp3) is 0.0741. The fourth-order valence-electron chi connectivity index (χ4n) is 4.29. The molecule has 0 aliphatic heterocycles. The van der Waals surface area contributed by atoms with Gasteiger partial charge in [-0.05, 0) is 30.5 Å². The Hall–Kier alpha value is -3.83. The largest absolute Gasteiger partial charge is 0.298 e. The third kappa shape index (κ3) is 3.27. The maximum absolute atomic E-state index is 13.4. The van der Waals surface area contributed by atoms with Crippen molar-refractivity contribution >= 4 is 33.3 Å². The summed E-state index contributed by atoms with van der Waals surface area (Å²) in [6.07, 6.45) is 1.96. The highest BCUT2D eigenvalue weighted by Gasteiger charge is 2.22. The van der Waals surface area contributed by atoms with Gasteiger partial charge in [-0.3, -0.25) is 10.1 Å². The first kappa shape index (κ1) is 18.9. The van der Waals surface area contributed by atoms with Crippen molar-refractivity contribution in [2.45, 2.75) is 12.8 Å². The Morgan fingerprint density at radius 3 is 2.53 bits per heavy atom. The van der Waals surface area contributed by atoms with Crippen molar-refractivity contribution in [1.82, 2.24) is 9.97 Å². The van der Waals surface area contributed by atoms with Crippen LogP contribution < -0.4 is 5.32 Å². The molecule has 2 aromatic heterocycles. The van der Waals surface area contributed by atoms with Gasteiger partial charge in [-0.1, -0.05) is 72.8 Å². The molecule has 0 radical (unpaired) electrons. The van der Waals surface area contributed by atoms with E-state index in [9.17, 15) is 4.79 Å². The number of pyridine rings is 1. The molecule has 1 aliphatic rings. The summed E-state index contributed by atoms with van der Waals surface area (Å²) in [5, 5.41) is 4.53. The summed E-state index contributed by atoms with van der Waals surface area (Å²) in [4.78, 5) is 24.2. The number of nitrogens with zero attached hydrogens (tertiary/aromatic N) is 2. The summed E-state index contributed by atoms with van der Waals surface area (Å²) in [7, 11) is 0. The molecular formula is C27H19N3OS. The Kier molecular flexibility index (Phi) is 4.55. The van der Waals surface area contributed by atoms with Crippen LogP contribution in [0.5, 0.6) is 0 Å². The second-order valence-electron chi connectivity index (χ2n) is 7.84. The lowest BCUT2D eigenvalue weighted by Crippen LogP contribution is -2.13. The number of anilines is 1. The molecule has 5 heteroatoms. The maximum atomic E-state index is 13.4. The van der Waals surface area contributed by atoms with Crippen LogP contribution in [0.1, 0.15) is 20.8 Å². The molecule has 32 heavy (non-hydrogen) atoms. The number of nitrogens with one attached hydrogen (secondary N) is 1. The van der Waals surface area contributed by atoms with Crippen LogP contribution in [0, 0.1) is 0 Å². The van der Waals surface area contributed by atoms with Crippen molar-refractivity contribution in [3.63, 3.8) is 0 Å². The van der Waals surface area contributed by atoms with E-state index < -0.39 is 0 Å². The molecule has 154 valence electrons. The minimum atomic E-state index is -0.167. The minimum Gasteiger partial charge on any atom is -0.298 e. The number of para-hydroxylation sites is 1. The first-order valence-corrected chi connectivity index (χ1v) is 11.4. The molecule has 0 spiro atoms. The molecule has 1 aliphatic carbocycles. The zero-order valence-corrected chi connectivity index (χ0v) is 18.0. The number of thiazole rings is 1. The van der Waals surface area contributed by atoms with Gasteiger partial charge in [0.05, 0.1) is 22.5 Å². The van der Waals surface area contributed by atoms with Crippen LogP contribution in [0.2, 0.25) is 0 Å². The second-order valence-corrected chi connectivity index (χ2v) is 8.92. The van der Waals surface area contributed by atoms with E-state index in [2.05, 4.69) is 23.5 Å². The molecule has 5 aromatic rings. The first-order chi connectivity index (χ1) is 15.8. The lowest BCUT2D eigenvalue weighted by Gasteiger charge is -2.13. The van der Waals surface area contributed by atoms with Crippen LogP contribution in [0.15, 0.2) is 84.9 Å². The van der Waals surface area contributed by atoms with Crippen molar-refractivity contribution < 1.29 is 4.79 Å². The number of fused-ring (bicyclic) bond motifs is 4. The number of hydrogen-bond donors (Lipinski definition) is 1. The molecule has 1 amide bonds. The monoisotopic (exact) mass is 433 g/mol. The van der Waals surface area contributed by atoms with Crippen LogP contribution in [0.4, 0.5) is 5.13 Å². The molecule has 0 saturated carbocycles. The molecular weight excluding hydrogens is 414 g/mol. The summed E-state index contributed by atoms with van der Waals surface area (Å²) < 4.78 is 0. The Morgan fingerprint density at radius 2 is 1.62 bits per heavy atom. The molecule has 2 heterocycles. The number of rotatable bonds is 3. The third-order valence-electron chi connectivity index (χ3n) is 5.84. The van der Waals surface area contributed by atoms with Gasteiger partial charge in [0.15, 0.2) is 5.13 Å². The summed E-state index contributed by atoms with van der Waals surface area (Å²) in [6.45, 7) is 0. The van der Waals surface area contributed by atoms with Crippen molar-refractivity contribution in [2.24, 2.45) is 0 Å². The number of hydrogen-bond acceptors (Lipinski definition) is 4. The van der Waals surface area contributed by atoms with Crippen molar-refractivity contribution in [3.05, 3.63) is 101 Å². The predicted octanol–water partition coefficient (Wildman–Crippen LogP) is 6.38. The van der Waals surface area contributed by atoms with Crippen LogP contribution in [-0.4, -0.2) is 15.9 Å². The molecule has 6 rings (SSSR count). The Bertz CT molecular complexity index is 1470. The summed E-state index contributed by atoms with van der Waals surface area (Å²) >= 11 is 1.57. The van der Waals surface area contributed by atoms with Gasteiger partial charge >= 0.3 is 0 Å². The molecule has 0 saturated heterocycles. The topological polar surface area (TPSA) is 54.9 Å². The Balaban J connectivity index is 1.39. The van der Waals surface area contributed by atoms with Crippen molar-refractivity contribution in [2.75, 3.05) is 5.32 Å². The summed E-state index contributed by atoms with van der Waals surface area (Å²) in [5.74, 6) is -0.167. The maximum Gasteiger partial charge on any atom is 0.258 e. The normalized spacial score (nSPS) is 12.2. The van der Waals surface area contributed by atoms with Gasteiger partial charge in [0.1, 0.15) is 0 Å². The summed E-state index contributed by atoms with van der Waals surface area (Å²) in [5.41, 5.74) is 6.64. The molecule has 0 bridgehead atoms. The summed E-state index contributed by atoms with van der Waals surface area (Å²) in [6, 6.07) is 27.9. The van der Waals surface area contributed by atoms with E-state index in [0.29, 0.717) is 10.7 Å². The van der Waals surface area contributed by atoms with Gasteiger partial charge in [-0.15, -0.1) is 11.3 Å². The van der Waals surface area contributed by atoms with E-state index in [-0.39, 0.29) is 5.91 Å². The van der Waals surface area contributed by atoms with E-state index in [0.717, 1.165) is 40.7 Å². The van der Waals surface area contributed by atoms with E-state index in [1.54, 1.807) is 11.3 Å². The van der Waals surface area contributed by atoms with Crippen molar-refractivity contribution in [1.29, 1.82) is 0 Å². The van der Waals surface area contributed by atoms with E-state index in [4.69, 9.17) is 9.97 Å². The fourth-order valence-corrected chi connectivity index (χ4v) is 5.26. The molecule has 4 nitrogen and oxygen atoms in total. The van der Waals surface area contributed by atoms with Gasteiger partial charge < -0.3 is 0 Å². The van der Waals surface area contributed by atoms with Gasteiger partial charge in [0.2, 0.25) is 0 Å². The lowest BCUT2D eigenvalue weighted by atomic mass is 9.94. The second kappa shape index (κ2) is 7.70. The number of carbonyl (C=O) groups excluding carboxylic acids is 1. The average molecular weight is 434 g/mol. The smallest absolute Gasteiger partial charge is 0.258 e. The van der Waals surface area contributed by atoms with Crippen LogP contribution >= 0.6 is 11.3 Å². The first-order valence-electron chi connectivity index (χ1n) is 10.6. The minimum absolute atomic E-state index is 0.167. The molecule has 0 unspecified atom stereocenters. The van der Waals surface area contributed by atoms with Gasteiger partial charge in [-0.25, -0.2) is 9.97 Å². The van der Waals surface area contributed by atoms with Crippen LogP contribution in [-0.2, 0) is 12.8 Å². The number of amides is 1. The van der Waals surface area contributed by atoms with E-state index in [1.807, 2.05) is 66.7 Å². The third-order valence-corrected chi connectivity index (χ3v) is 6.87. The van der Waals surface area contributed by atoms with E-state index >= 15 is 0 Å². The van der Waals surface area contributed by atoms with Gasteiger partial charge in [0, 0.05) is 21.4 Å². The SMILES string of the molecule is O=C(Nc1nc2c(s1)CCc1ccccc1-2)c1cc(-c2ccccc2)nc2ccccc12. The van der Waals surface area contributed by atoms with Crippen LogP contribution in [0.3, 0.4) is 0 Å². The number of benzene rings is 3. The quantitative estimate of drug-likeness (QED) is 0.359. The zero-order chi connectivity index (χ0) is 21.5. The van der Waals surface area contributed by atoms with E-state index in [1.165, 1.54) is 16.0 Å². The highest BCUT2D eigenvalue weighted by atomic mass is 32.1. The average Bonchev–Trinajstić information content (AvgIpc) is 3.27.